The van der Waals surface area contributed by atoms with E-state index in [0.29, 0.717) is 35.8 Å². The van der Waals surface area contributed by atoms with Crippen LogP contribution in [-0.2, 0) is 9.59 Å². The zero-order valence-corrected chi connectivity index (χ0v) is 19.8. The molecule has 3 aromatic rings. The van der Waals surface area contributed by atoms with Crippen LogP contribution in [-0.4, -0.2) is 30.0 Å². The molecule has 1 atom stereocenters. The van der Waals surface area contributed by atoms with Crippen molar-refractivity contribution in [3.05, 3.63) is 95.1 Å². The number of amides is 1. The molecule has 0 saturated carbocycles. The van der Waals surface area contributed by atoms with Gasteiger partial charge in [-0.1, -0.05) is 19.1 Å². The van der Waals surface area contributed by atoms with E-state index >= 15 is 0 Å². The number of hydrogen-bond donors (Lipinski definition) is 1. The van der Waals surface area contributed by atoms with Gasteiger partial charge in [0.15, 0.2) is 11.6 Å². The van der Waals surface area contributed by atoms with Gasteiger partial charge in [-0.05, 0) is 67.4 Å². The molecule has 8 heteroatoms. The highest BCUT2D eigenvalue weighted by molar-refractivity contribution is 6.51. The number of rotatable bonds is 8. The van der Waals surface area contributed by atoms with Crippen LogP contribution in [0.4, 0.5) is 14.5 Å². The first-order valence-corrected chi connectivity index (χ1v) is 11.6. The van der Waals surface area contributed by atoms with E-state index in [1.165, 1.54) is 6.07 Å². The minimum Gasteiger partial charge on any atom is -0.507 e. The van der Waals surface area contributed by atoms with Gasteiger partial charge in [0.05, 0.1) is 24.8 Å². The van der Waals surface area contributed by atoms with Crippen molar-refractivity contribution >= 4 is 23.1 Å². The van der Waals surface area contributed by atoms with Crippen LogP contribution in [0.15, 0.2) is 72.3 Å². The molecule has 0 spiro atoms. The maximum atomic E-state index is 14.1. The number of ketones is 1. The van der Waals surface area contributed by atoms with Crippen molar-refractivity contribution in [2.24, 2.45) is 0 Å². The fraction of sp³-hybridized carbons (Fsp3) is 0.214. The van der Waals surface area contributed by atoms with Crippen LogP contribution >= 0.6 is 0 Å². The molecule has 3 aromatic carbocycles. The Bertz CT molecular complexity index is 1320. The number of Topliss-reactive ketones (excluding diaryl/α,β-unsaturated/α-hetero) is 1. The Kier molecular flexibility index (Phi) is 7.33. The number of hydrogen-bond acceptors (Lipinski definition) is 5. The number of aliphatic hydroxyl groups is 1. The van der Waals surface area contributed by atoms with Gasteiger partial charge in [0, 0.05) is 17.3 Å². The molecule has 4 rings (SSSR count). The first-order valence-electron chi connectivity index (χ1n) is 11.6. The molecule has 1 saturated heterocycles. The zero-order chi connectivity index (χ0) is 25.8. The van der Waals surface area contributed by atoms with Crippen molar-refractivity contribution < 1.29 is 33.0 Å². The summed E-state index contributed by atoms with van der Waals surface area (Å²) in [6, 6.07) is 15.0. The number of halogens is 2. The lowest BCUT2D eigenvalue weighted by Gasteiger charge is -2.26. The molecule has 0 bridgehead atoms. The third-order valence-electron chi connectivity index (χ3n) is 5.71. The molecule has 1 unspecified atom stereocenters. The summed E-state index contributed by atoms with van der Waals surface area (Å²) in [4.78, 5) is 27.5. The van der Waals surface area contributed by atoms with Crippen LogP contribution in [0.5, 0.6) is 11.5 Å². The minimum absolute atomic E-state index is 0.0230. The van der Waals surface area contributed by atoms with E-state index < -0.39 is 35.1 Å². The standard InChI is InChI=1S/C28H25F2NO5/c1-3-14-36-20-11-8-17(9-12-20)26(32)24-25(18-6-5-7-21(15-18)35-4-2)31(28(34)27(24)33)19-10-13-22(29)23(30)16-19/h5-13,15-16,25,32H,3-4,14H2,1-2H3/b26-24+. The SMILES string of the molecule is CCCOc1ccc(/C(O)=C2\C(=O)C(=O)N(c3ccc(F)c(F)c3)C2c2cccc(OCC)c2)cc1. The van der Waals surface area contributed by atoms with Crippen LogP contribution in [0.25, 0.3) is 5.76 Å². The summed E-state index contributed by atoms with van der Waals surface area (Å²) >= 11 is 0. The normalized spacial score (nSPS) is 16.9. The number of anilines is 1. The highest BCUT2D eigenvalue weighted by Gasteiger charge is 2.47. The lowest BCUT2D eigenvalue weighted by molar-refractivity contribution is -0.132. The molecule has 0 radical (unpaired) electrons. The smallest absolute Gasteiger partial charge is 0.300 e. The molecule has 186 valence electrons. The summed E-state index contributed by atoms with van der Waals surface area (Å²) in [5.74, 6) is -3.49. The van der Waals surface area contributed by atoms with Gasteiger partial charge in [-0.3, -0.25) is 14.5 Å². The second-order valence-corrected chi connectivity index (χ2v) is 8.15. The Morgan fingerprint density at radius 3 is 2.33 bits per heavy atom. The molecule has 36 heavy (non-hydrogen) atoms. The van der Waals surface area contributed by atoms with Crippen LogP contribution < -0.4 is 14.4 Å². The van der Waals surface area contributed by atoms with Crippen molar-refractivity contribution in [2.45, 2.75) is 26.3 Å². The molecule has 0 aromatic heterocycles. The van der Waals surface area contributed by atoms with Crippen molar-refractivity contribution in [1.29, 1.82) is 0 Å². The van der Waals surface area contributed by atoms with E-state index in [4.69, 9.17) is 9.47 Å². The number of nitrogens with zero attached hydrogens (tertiary/aromatic N) is 1. The third-order valence-corrected chi connectivity index (χ3v) is 5.71. The topological polar surface area (TPSA) is 76.1 Å². The molecule has 1 aliphatic rings. The van der Waals surface area contributed by atoms with E-state index in [-0.39, 0.29) is 11.3 Å². The van der Waals surface area contributed by atoms with E-state index in [0.717, 1.165) is 23.5 Å². The number of carbonyl (C=O) groups excluding carboxylic acids is 2. The number of aliphatic hydroxyl groups excluding tert-OH is 1. The van der Waals surface area contributed by atoms with Crippen molar-refractivity contribution in [3.8, 4) is 11.5 Å². The van der Waals surface area contributed by atoms with Crippen molar-refractivity contribution in [2.75, 3.05) is 18.1 Å². The molecule has 1 aliphatic heterocycles. The molecular weight excluding hydrogens is 468 g/mol. The van der Waals surface area contributed by atoms with Crippen molar-refractivity contribution in [1.82, 2.24) is 0 Å². The number of carbonyl (C=O) groups is 2. The summed E-state index contributed by atoms with van der Waals surface area (Å²) in [5, 5.41) is 11.2. The summed E-state index contributed by atoms with van der Waals surface area (Å²) in [5.41, 5.74) is 0.549. The Morgan fingerprint density at radius 2 is 1.67 bits per heavy atom. The van der Waals surface area contributed by atoms with Crippen LogP contribution in [0.3, 0.4) is 0 Å². The first-order chi connectivity index (χ1) is 17.3. The predicted octanol–water partition coefficient (Wildman–Crippen LogP) is 5.78. The summed E-state index contributed by atoms with van der Waals surface area (Å²) < 4.78 is 38.9. The fourth-order valence-corrected chi connectivity index (χ4v) is 4.07. The Labute approximate surface area is 207 Å². The lowest BCUT2D eigenvalue weighted by atomic mass is 9.95. The second kappa shape index (κ2) is 10.6. The molecule has 1 amide bonds. The maximum absolute atomic E-state index is 14.1. The monoisotopic (exact) mass is 493 g/mol. The average Bonchev–Trinajstić information content (AvgIpc) is 3.15. The molecule has 1 fully saturated rings. The van der Waals surface area contributed by atoms with Gasteiger partial charge in [0.1, 0.15) is 17.3 Å². The van der Waals surface area contributed by atoms with Gasteiger partial charge in [-0.25, -0.2) is 8.78 Å². The van der Waals surface area contributed by atoms with E-state index in [1.807, 2.05) is 13.8 Å². The van der Waals surface area contributed by atoms with Gasteiger partial charge < -0.3 is 14.6 Å². The maximum Gasteiger partial charge on any atom is 0.300 e. The molecular formula is C28H25F2NO5. The van der Waals surface area contributed by atoms with Crippen LogP contribution in [0.2, 0.25) is 0 Å². The van der Waals surface area contributed by atoms with E-state index in [1.54, 1.807) is 48.5 Å². The summed E-state index contributed by atoms with van der Waals surface area (Å²) in [6.45, 7) is 4.71. The minimum atomic E-state index is -1.17. The molecule has 1 heterocycles. The largest absolute Gasteiger partial charge is 0.507 e. The average molecular weight is 494 g/mol. The second-order valence-electron chi connectivity index (χ2n) is 8.15. The molecule has 1 N–H and O–H groups in total. The lowest BCUT2D eigenvalue weighted by Crippen LogP contribution is -2.29. The summed E-state index contributed by atoms with van der Waals surface area (Å²) in [7, 11) is 0. The molecule has 0 aliphatic carbocycles. The van der Waals surface area contributed by atoms with Gasteiger partial charge in [0.25, 0.3) is 11.7 Å². The van der Waals surface area contributed by atoms with Gasteiger partial charge in [0.2, 0.25) is 0 Å². The van der Waals surface area contributed by atoms with Gasteiger partial charge >= 0.3 is 0 Å². The third kappa shape index (κ3) is 4.79. The van der Waals surface area contributed by atoms with Crippen LogP contribution in [0.1, 0.15) is 37.4 Å². The zero-order valence-electron chi connectivity index (χ0n) is 19.8. The van der Waals surface area contributed by atoms with Crippen LogP contribution in [0, 0.1) is 11.6 Å². The predicted molar refractivity (Wildman–Crippen MR) is 131 cm³/mol. The Balaban J connectivity index is 1.87. The van der Waals surface area contributed by atoms with E-state index in [2.05, 4.69) is 0 Å². The highest BCUT2D eigenvalue weighted by atomic mass is 19.2. The Morgan fingerprint density at radius 1 is 0.917 bits per heavy atom. The quantitative estimate of drug-likeness (QED) is 0.245. The molecule has 6 nitrogen and oxygen atoms in total. The van der Waals surface area contributed by atoms with Gasteiger partial charge in [-0.2, -0.15) is 0 Å². The Hall–Kier alpha value is -4.20. The first kappa shape index (κ1) is 24.9. The van der Waals surface area contributed by atoms with Gasteiger partial charge in [-0.15, -0.1) is 0 Å². The number of benzene rings is 3. The highest BCUT2D eigenvalue weighted by Crippen LogP contribution is 2.43. The van der Waals surface area contributed by atoms with Crippen molar-refractivity contribution in [3.63, 3.8) is 0 Å². The van der Waals surface area contributed by atoms with E-state index in [9.17, 15) is 23.5 Å². The fourth-order valence-electron chi connectivity index (χ4n) is 4.07. The summed E-state index contributed by atoms with van der Waals surface area (Å²) in [6.07, 6.45) is 0.829. The number of ether oxygens (including phenoxy) is 2.